The summed E-state index contributed by atoms with van der Waals surface area (Å²) in [4.78, 5) is 0.235. The van der Waals surface area contributed by atoms with Crippen molar-refractivity contribution in [2.24, 2.45) is 0 Å². The number of nitrogens with two attached hydrogens (primary N) is 1. The summed E-state index contributed by atoms with van der Waals surface area (Å²) in [6.45, 7) is 1.06. The number of benzene rings is 1. The summed E-state index contributed by atoms with van der Waals surface area (Å²) >= 11 is 0. The molecule has 0 aliphatic rings. The normalized spacial score (nSPS) is 11.6. The van der Waals surface area contributed by atoms with Crippen LogP contribution in [0.15, 0.2) is 29.2 Å². The molecule has 0 saturated heterocycles. The lowest BCUT2D eigenvalue weighted by molar-refractivity contribution is 0.193. The molecule has 0 spiro atoms. The second kappa shape index (κ2) is 6.58. The van der Waals surface area contributed by atoms with Gasteiger partial charge in [-0.3, -0.25) is 0 Å². The molecule has 3 N–H and O–H groups in total. The molecule has 0 fully saturated rings. The van der Waals surface area contributed by atoms with Gasteiger partial charge in [-0.1, -0.05) is 0 Å². The molecular weight excluding hydrogens is 240 g/mol. The molecule has 1 aromatic carbocycles. The molecule has 5 nitrogen and oxygen atoms in total. The molecule has 0 aliphatic carbocycles. The van der Waals surface area contributed by atoms with Crippen LogP contribution in [0.25, 0.3) is 0 Å². The number of unbranched alkanes of at least 4 members (excludes halogenated alkanes) is 1. The van der Waals surface area contributed by atoms with Gasteiger partial charge in [0.25, 0.3) is 0 Å². The number of anilines is 1. The zero-order valence-electron chi connectivity index (χ0n) is 9.85. The molecule has 17 heavy (non-hydrogen) atoms. The fourth-order valence-corrected chi connectivity index (χ4v) is 2.38. The van der Waals surface area contributed by atoms with Gasteiger partial charge in [0.1, 0.15) is 0 Å². The Kier molecular flexibility index (Phi) is 5.40. The van der Waals surface area contributed by atoms with Crippen LogP contribution in [0.2, 0.25) is 0 Å². The van der Waals surface area contributed by atoms with Gasteiger partial charge in [0.05, 0.1) is 4.90 Å². The number of nitrogen functional groups attached to an aromatic ring is 1. The number of methoxy groups -OCH3 is 1. The standard InChI is InChI=1S/C11H18N2O3S/c1-16-9-3-2-8-13-17(14,15)11-6-4-10(12)5-7-11/h4-7,13H,2-3,8-9,12H2,1H3. The van der Waals surface area contributed by atoms with Crippen molar-refractivity contribution in [1.82, 2.24) is 4.72 Å². The molecule has 0 saturated carbocycles. The van der Waals surface area contributed by atoms with Gasteiger partial charge in [-0.25, -0.2) is 13.1 Å². The van der Waals surface area contributed by atoms with Gasteiger partial charge in [-0.2, -0.15) is 0 Å². The highest BCUT2D eigenvalue weighted by Gasteiger charge is 2.12. The molecule has 0 bridgehead atoms. The van der Waals surface area contributed by atoms with Crippen LogP contribution >= 0.6 is 0 Å². The molecule has 1 aromatic rings. The number of hydrogen-bond donors (Lipinski definition) is 2. The highest BCUT2D eigenvalue weighted by molar-refractivity contribution is 7.89. The molecule has 96 valence electrons. The van der Waals surface area contributed by atoms with E-state index >= 15 is 0 Å². The van der Waals surface area contributed by atoms with Gasteiger partial charge in [0.2, 0.25) is 10.0 Å². The smallest absolute Gasteiger partial charge is 0.240 e. The monoisotopic (exact) mass is 258 g/mol. The Hall–Kier alpha value is -1.11. The van der Waals surface area contributed by atoms with Crippen LogP contribution in [0.5, 0.6) is 0 Å². The van der Waals surface area contributed by atoms with Crippen LogP contribution in [0, 0.1) is 0 Å². The van der Waals surface area contributed by atoms with E-state index in [2.05, 4.69) is 4.72 Å². The Morgan fingerprint density at radius 3 is 2.47 bits per heavy atom. The van der Waals surface area contributed by atoms with Crippen LogP contribution in [-0.4, -0.2) is 28.7 Å². The summed E-state index contributed by atoms with van der Waals surface area (Å²) in [6.07, 6.45) is 1.59. The lowest BCUT2D eigenvalue weighted by atomic mass is 10.3. The summed E-state index contributed by atoms with van der Waals surface area (Å²) in [5.41, 5.74) is 6.04. The van der Waals surface area contributed by atoms with Gasteiger partial charge in [-0.15, -0.1) is 0 Å². The van der Waals surface area contributed by atoms with Crippen molar-refractivity contribution in [1.29, 1.82) is 0 Å². The Morgan fingerprint density at radius 1 is 1.24 bits per heavy atom. The first-order valence-corrected chi connectivity index (χ1v) is 6.89. The van der Waals surface area contributed by atoms with Gasteiger partial charge in [0, 0.05) is 25.9 Å². The summed E-state index contributed by atoms with van der Waals surface area (Å²) in [6, 6.07) is 6.12. The Morgan fingerprint density at radius 2 is 1.88 bits per heavy atom. The summed E-state index contributed by atoms with van der Waals surface area (Å²) in [5, 5.41) is 0. The van der Waals surface area contributed by atoms with Gasteiger partial charge in [-0.05, 0) is 37.1 Å². The van der Waals surface area contributed by atoms with E-state index < -0.39 is 10.0 Å². The molecule has 0 heterocycles. The second-order valence-electron chi connectivity index (χ2n) is 3.67. The van der Waals surface area contributed by atoms with Gasteiger partial charge in [0.15, 0.2) is 0 Å². The fraction of sp³-hybridized carbons (Fsp3) is 0.455. The maximum absolute atomic E-state index is 11.8. The van der Waals surface area contributed by atoms with Crippen LogP contribution < -0.4 is 10.5 Å². The largest absolute Gasteiger partial charge is 0.399 e. The molecule has 0 aromatic heterocycles. The Labute approximate surface area is 102 Å². The number of hydrogen-bond acceptors (Lipinski definition) is 4. The number of nitrogens with one attached hydrogen (secondary N) is 1. The number of rotatable bonds is 7. The number of ether oxygens (including phenoxy) is 1. The predicted molar refractivity (Wildman–Crippen MR) is 67.2 cm³/mol. The van der Waals surface area contributed by atoms with E-state index in [0.29, 0.717) is 18.8 Å². The molecule has 0 aliphatic heterocycles. The third kappa shape index (κ3) is 4.72. The Balaban J connectivity index is 2.48. The minimum absolute atomic E-state index is 0.235. The van der Waals surface area contributed by atoms with Crippen molar-refractivity contribution < 1.29 is 13.2 Å². The average Bonchev–Trinajstić information content (AvgIpc) is 2.29. The van der Waals surface area contributed by atoms with Gasteiger partial charge >= 0.3 is 0 Å². The highest BCUT2D eigenvalue weighted by Crippen LogP contribution is 2.11. The van der Waals surface area contributed by atoms with Crippen LogP contribution in [0.3, 0.4) is 0 Å². The SMILES string of the molecule is COCCCCNS(=O)(=O)c1ccc(N)cc1. The third-order valence-electron chi connectivity index (χ3n) is 2.26. The van der Waals surface area contributed by atoms with E-state index in [1.54, 1.807) is 19.2 Å². The molecule has 0 amide bonds. The van der Waals surface area contributed by atoms with E-state index in [0.717, 1.165) is 12.8 Å². The van der Waals surface area contributed by atoms with Crippen molar-refractivity contribution in [3.8, 4) is 0 Å². The summed E-state index contributed by atoms with van der Waals surface area (Å²) in [5.74, 6) is 0. The quantitative estimate of drug-likeness (QED) is 0.564. The fourth-order valence-electron chi connectivity index (χ4n) is 1.31. The highest BCUT2D eigenvalue weighted by atomic mass is 32.2. The van der Waals surface area contributed by atoms with E-state index in [1.165, 1.54) is 12.1 Å². The lowest BCUT2D eigenvalue weighted by Gasteiger charge is -2.06. The minimum atomic E-state index is -3.41. The zero-order valence-corrected chi connectivity index (χ0v) is 10.7. The van der Waals surface area contributed by atoms with Crippen molar-refractivity contribution in [2.75, 3.05) is 26.0 Å². The molecule has 0 radical (unpaired) electrons. The van der Waals surface area contributed by atoms with Crippen LogP contribution in [-0.2, 0) is 14.8 Å². The van der Waals surface area contributed by atoms with Crippen LogP contribution in [0.1, 0.15) is 12.8 Å². The van der Waals surface area contributed by atoms with Crippen molar-refractivity contribution in [2.45, 2.75) is 17.7 Å². The van der Waals surface area contributed by atoms with E-state index in [4.69, 9.17) is 10.5 Å². The van der Waals surface area contributed by atoms with Crippen LogP contribution in [0.4, 0.5) is 5.69 Å². The predicted octanol–water partition coefficient (Wildman–Crippen LogP) is 0.974. The van der Waals surface area contributed by atoms with E-state index in [9.17, 15) is 8.42 Å². The minimum Gasteiger partial charge on any atom is -0.399 e. The van der Waals surface area contributed by atoms with Crippen molar-refractivity contribution >= 4 is 15.7 Å². The zero-order chi connectivity index (χ0) is 12.7. The Bertz CT molecular complexity index is 429. The van der Waals surface area contributed by atoms with Crippen molar-refractivity contribution in [3.05, 3.63) is 24.3 Å². The molecule has 1 rings (SSSR count). The first-order valence-electron chi connectivity index (χ1n) is 5.40. The molecule has 0 atom stereocenters. The summed E-state index contributed by atoms with van der Waals surface area (Å²) in [7, 11) is -1.79. The number of sulfonamides is 1. The molecular formula is C11H18N2O3S. The topological polar surface area (TPSA) is 81.4 Å². The summed E-state index contributed by atoms with van der Waals surface area (Å²) < 4.78 is 31.0. The van der Waals surface area contributed by atoms with E-state index in [-0.39, 0.29) is 4.90 Å². The maximum atomic E-state index is 11.8. The first-order chi connectivity index (χ1) is 8.06. The lowest BCUT2D eigenvalue weighted by Crippen LogP contribution is -2.24. The van der Waals surface area contributed by atoms with Crippen molar-refractivity contribution in [3.63, 3.8) is 0 Å². The molecule has 0 unspecified atom stereocenters. The van der Waals surface area contributed by atoms with Gasteiger partial charge < -0.3 is 10.5 Å². The van der Waals surface area contributed by atoms with E-state index in [1.807, 2.05) is 0 Å². The first kappa shape index (κ1) is 14.0. The third-order valence-corrected chi connectivity index (χ3v) is 3.73. The second-order valence-corrected chi connectivity index (χ2v) is 5.43. The average molecular weight is 258 g/mol. The molecule has 6 heteroatoms. The maximum Gasteiger partial charge on any atom is 0.240 e.